The first-order valence-corrected chi connectivity index (χ1v) is 7.04. The van der Waals surface area contributed by atoms with Crippen LogP contribution in [0, 0.1) is 0 Å². The first-order chi connectivity index (χ1) is 7.95. The van der Waals surface area contributed by atoms with Crippen molar-refractivity contribution < 1.29 is 17.9 Å². The average molecular weight is 277 g/mol. The maximum Gasteiger partial charge on any atom is 0.221 e. The van der Waals surface area contributed by atoms with Gasteiger partial charge in [0.1, 0.15) is 5.75 Å². The van der Waals surface area contributed by atoms with Gasteiger partial charge in [0.15, 0.2) is 9.84 Å². The number of hydrogen-bond acceptors (Lipinski definition) is 4. The summed E-state index contributed by atoms with van der Waals surface area (Å²) in [5.74, 6) is 0.512. The third-order valence-electron chi connectivity index (χ3n) is 2.20. The Kier molecular flexibility index (Phi) is 4.96. The van der Waals surface area contributed by atoms with E-state index in [2.05, 4.69) is 0 Å². The third-order valence-corrected chi connectivity index (χ3v) is 4.21. The molecule has 0 atom stereocenters. The molecule has 0 unspecified atom stereocenters. The molecule has 0 aliphatic heterocycles. The molecule has 0 aliphatic rings. The first-order valence-electron chi connectivity index (χ1n) is 5.01. The average Bonchev–Trinajstić information content (AvgIpc) is 2.28. The van der Waals surface area contributed by atoms with Crippen LogP contribution in [0.2, 0.25) is 0 Å². The second-order valence-corrected chi connectivity index (χ2v) is 5.98. The van der Waals surface area contributed by atoms with Crippen LogP contribution < -0.4 is 4.74 Å². The van der Waals surface area contributed by atoms with Crippen molar-refractivity contribution in [2.45, 2.75) is 17.7 Å². The predicted molar refractivity (Wildman–Crippen MR) is 65.1 cm³/mol. The lowest BCUT2D eigenvalue weighted by Crippen LogP contribution is -2.07. The van der Waals surface area contributed by atoms with E-state index in [-0.39, 0.29) is 23.5 Å². The third kappa shape index (κ3) is 4.36. The molecular weight excluding hydrogens is 264 g/mol. The highest BCUT2D eigenvalue weighted by Crippen LogP contribution is 2.17. The molecule has 1 rings (SSSR count). The predicted octanol–water partition coefficient (Wildman–Crippen LogP) is 2.01. The number of carbonyl (C=O) groups is 1. The molecule has 0 radical (unpaired) electrons. The summed E-state index contributed by atoms with van der Waals surface area (Å²) < 4.78 is 28.6. The fraction of sp³-hybridized carbons (Fsp3) is 0.364. The number of halogens is 1. The molecule has 0 spiro atoms. The summed E-state index contributed by atoms with van der Waals surface area (Å²) in [6, 6.07) is 6.13. The lowest BCUT2D eigenvalue weighted by Gasteiger charge is -2.04. The normalized spacial score (nSPS) is 11.2. The lowest BCUT2D eigenvalue weighted by atomic mass is 10.3. The van der Waals surface area contributed by atoms with Gasteiger partial charge in [-0.1, -0.05) is 0 Å². The number of rotatable bonds is 6. The Labute approximate surface area is 105 Å². The van der Waals surface area contributed by atoms with Gasteiger partial charge >= 0.3 is 0 Å². The summed E-state index contributed by atoms with van der Waals surface area (Å²) in [5.41, 5.74) is 0. The largest absolute Gasteiger partial charge is 0.497 e. The molecule has 1 aromatic rings. The summed E-state index contributed by atoms with van der Waals surface area (Å²) in [7, 11) is -1.84. The van der Waals surface area contributed by atoms with Gasteiger partial charge in [-0.25, -0.2) is 8.42 Å². The van der Waals surface area contributed by atoms with Gasteiger partial charge in [0.05, 0.1) is 17.8 Å². The minimum Gasteiger partial charge on any atom is -0.497 e. The monoisotopic (exact) mass is 276 g/mol. The number of sulfone groups is 1. The quantitative estimate of drug-likeness (QED) is 0.746. The van der Waals surface area contributed by atoms with E-state index in [1.807, 2.05) is 0 Å². The SMILES string of the molecule is COc1ccc(S(=O)(=O)CCCC(=O)Cl)cc1. The van der Waals surface area contributed by atoms with Crippen LogP contribution in [0.15, 0.2) is 29.2 Å². The molecule has 0 heterocycles. The summed E-state index contributed by atoms with van der Waals surface area (Å²) in [6.45, 7) is 0. The van der Waals surface area contributed by atoms with Crippen molar-refractivity contribution in [2.75, 3.05) is 12.9 Å². The van der Waals surface area contributed by atoms with Crippen molar-refractivity contribution >= 4 is 26.7 Å². The van der Waals surface area contributed by atoms with Crippen molar-refractivity contribution in [3.8, 4) is 5.75 Å². The number of carbonyl (C=O) groups excluding carboxylic acids is 1. The Hall–Kier alpha value is -1.07. The van der Waals surface area contributed by atoms with Crippen LogP contribution in [0.25, 0.3) is 0 Å². The number of benzene rings is 1. The zero-order valence-electron chi connectivity index (χ0n) is 9.35. The van der Waals surface area contributed by atoms with Crippen molar-refractivity contribution in [3.63, 3.8) is 0 Å². The van der Waals surface area contributed by atoms with Gasteiger partial charge in [-0.05, 0) is 42.3 Å². The molecule has 4 nitrogen and oxygen atoms in total. The van der Waals surface area contributed by atoms with E-state index in [4.69, 9.17) is 16.3 Å². The fourth-order valence-electron chi connectivity index (χ4n) is 1.30. The van der Waals surface area contributed by atoms with Crippen LogP contribution in [0.5, 0.6) is 5.75 Å². The van der Waals surface area contributed by atoms with Crippen molar-refractivity contribution in [1.82, 2.24) is 0 Å². The Morgan fingerprint density at radius 1 is 1.29 bits per heavy atom. The molecular formula is C11H13ClO4S. The molecule has 6 heteroatoms. The number of hydrogen-bond donors (Lipinski definition) is 0. The Balaban J connectivity index is 2.72. The maximum absolute atomic E-state index is 11.8. The zero-order chi connectivity index (χ0) is 12.9. The summed E-state index contributed by atoms with van der Waals surface area (Å²) in [6.07, 6.45) is 0.299. The van der Waals surface area contributed by atoms with Crippen LogP contribution in [0.3, 0.4) is 0 Å². The Morgan fingerprint density at radius 2 is 1.88 bits per heavy atom. The van der Waals surface area contributed by atoms with Gasteiger partial charge in [-0.15, -0.1) is 0 Å². The molecule has 0 amide bonds. The smallest absolute Gasteiger partial charge is 0.221 e. The van der Waals surface area contributed by atoms with Gasteiger partial charge in [0.2, 0.25) is 5.24 Å². The van der Waals surface area contributed by atoms with E-state index in [9.17, 15) is 13.2 Å². The minimum absolute atomic E-state index is 0.0664. The van der Waals surface area contributed by atoms with Gasteiger partial charge in [-0.3, -0.25) is 4.79 Å². The fourth-order valence-corrected chi connectivity index (χ4v) is 2.75. The summed E-state index contributed by atoms with van der Waals surface area (Å²) in [5, 5.41) is -0.519. The van der Waals surface area contributed by atoms with Crippen molar-refractivity contribution in [3.05, 3.63) is 24.3 Å². The lowest BCUT2D eigenvalue weighted by molar-refractivity contribution is -0.111. The molecule has 0 aromatic heterocycles. The molecule has 1 aromatic carbocycles. The first kappa shape index (κ1) is 14.0. The highest BCUT2D eigenvalue weighted by molar-refractivity contribution is 7.91. The van der Waals surface area contributed by atoms with Gasteiger partial charge in [0, 0.05) is 6.42 Å². The molecule has 0 saturated carbocycles. The van der Waals surface area contributed by atoms with E-state index in [1.54, 1.807) is 12.1 Å². The summed E-state index contributed by atoms with van der Waals surface area (Å²) in [4.78, 5) is 10.7. The van der Waals surface area contributed by atoms with Gasteiger partial charge in [-0.2, -0.15) is 0 Å². The second-order valence-electron chi connectivity index (χ2n) is 3.45. The van der Waals surface area contributed by atoms with Crippen LogP contribution >= 0.6 is 11.6 Å². The van der Waals surface area contributed by atoms with Gasteiger partial charge in [0.25, 0.3) is 0 Å². The van der Waals surface area contributed by atoms with Crippen LogP contribution in [-0.2, 0) is 14.6 Å². The Morgan fingerprint density at radius 3 is 2.35 bits per heavy atom. The van der Waals surface area contributed by atoms with Gasteiger partial charge < -0.3 is 4.74 Å². The maximum atomic E-state index is 11.8. The minimum atomic E-state index is -3.35. The molecule has 17 heavy (non-hydrogen) atoms. The second kappa shape index (κ2) is 6.02. The topological polar surface area (TPSA) is 60.4 Å². The van der Waals surface area contributed by atoms with E-state index in [0.29, 0.717) is 5.75 Å². The molecule has 0 saturated heterocycles. The van der Waals surface area contributed by atoms with Crippen molar-refractivity contribution in [1.29, 1.82) is 0 Å². The highest BCUT2D eigenvalue weighted by Gasteiger charge is 2.14. The molecule has 0 aliphatic carbocycles. The van der Waals surface area contributed by atoms with Crippen LogP contribution in [0.4, 0.5) is 0 Å². The van der Waals surface area contributed by atoms with Crippen molar-refractivity contribution in [2.24, 2.45) is 0 Å². The highest BCUT2D eigenvalue weighted by atomic mass is 35.5. The van der Waals surface area contributed by atoms with E-state index in [1.165, 1.54) is 19.2 Å². The van der Waals surface area contributed by atoms with Crippen LogP contribution in [-0.4, -0.2) is 26.5 Å². The summed E-state index contributed by atoms with van der Waals surface area (Å²) >= 11 is 5.14. The zero-order valence-corrected chi connectivity index (χ0v) is 10.9. The standard InChI is InChI=1S/C11H13ClO4S/c1-16-9-4-6-10(7-5-9)17(14,15)8-2-3-11(12)13/h4-7H,2-3,8H2,1H3. The number of methoxy groups -OCH3 is 1. The van der Waals surface area contributed by atoms with E-state index >= 15 is 0 Å². The number of ether oxygens (including phenoxy) is 1. The Bertz CT molecular complexity index is 479. The molecule has 0 fully saturated rings. The molecule has 0 bridgehead atoms. The van der Waals surface area contributed by atoms with E-state index < -0.39 is 15.1 Å². The van der Waals surface area contributed by atoms with Crippen LogP contribution in [0.1, 0.15) is 12.8 Å². The van der Waals surface area contributed by atoms with E-state index in [0.717, 1.165) is 0 Å². The molecule has 94 valence electrons. The molecule has 0 N–H and O–H groups in total.